The molecule has 104 valence electrons. The first kappa shape index (κ1) is 13.9. The zero-order valence-corrected chi connectivity index (χ0v) is 10.7. The van der Waals surface area contributed by atoms with E-state index >= 15 is 0 Å². The van der Waals surface area contributed by atoms with Crippen LogP contribution in [0, 0.1) is 23.0 Å². The molecule has 1 unspecified atom stereocenters. The third-order valence-corrected chi connectivity index (χ3v) is 3.21. The van der Waals surface area contributed by atoms with Crippen LogP contribution < -0.4 is 5.32 Å². The number of nitrogens with zero attached hydrogens (tertiary/aromatic N) is 1. The second kappa shape index (κ2) is 5.20. The van der Waals surface area contributed by atoms with Crippen molar-refractivity contribution in [3.05, 3.63) is 39.4 Å². The minimum Gasteiger partial charge on any atom is -0.355 e. The van der Waals surface area contributed by atoms with Gasteiger partial charge in [0.05, 0.1) is 4.92 Å². The number of hydrogen-bond acceptors (Lipinski definition) is 5. The third-order valence-electron chi connectivity index (χ3n) is 3.21. The van der Waals surface area contributed by atoms with Crippen LogP contribution >= 0.6 is 0 Å². The summed E-state index contributed by atoms with van der Waals surface area (Å²) in [5.74, 6) is -3.18. The first-order chi connectivity index (χ1) is 9.41. The lowest BCUT2D eigenvalue weighted by Gasteiger charge is -2.20. The average molecular weight is 276 g/mol. The molecular weight excluding hydrogens is 264 g/mol. The molecule has 20 heavy (non-hydrogen) atoms. The Morgan fingerprint density at radius 3 is 2.70 bits per heavy atom. The highest BCUT2D eigenvalue weighted by atomic mass is 16.6. The second-order valence-corrected chi connectivity index (χ2v) is 4.56. The van der Waals surface area contributed by atoms with Crippen LogP contribution in [0.25, 0.3) is 0 Å². The Bertz CT molecular complexity index is 607. The quantitative estimate of drug-likeness (QED) is 0.380. The highest BCUT2D eigenvalue weighted by Crippen LogP contribution is 2.22. The summed E-state index contributed by atoms with van der Waals surface area (Å²) in [7, 11) is 0. The first-order valence-corrected chi connectivity index (χ1v) is 6.01. The number of nitro groups is 1. The summed E-state index contributed by atoms with van der Waals surface area (Å²) in [5, 5.41) is 13.2. The van der Waals surface area contributed by atoms with E-state index in [2.05, 4.69) is 5.32 Å². The largest absolute Gasteiger partial charge is 0.355 e. The van der Waals surface area contributed by atoms with Crippen molar-refractivity contribution in [2.45, 2.75) is 13.3 Å². The molecule has 0 aromatic heterocycles. The van der Waals surface area contributed by atoms with E-state index in [-0.39, 0.29) is 24.2 Å². The van der Waals surface area contributed by atoms with Gasteiger partial charge in [-0.1, -0.05) is 6.07 Å². The van der Waals surface area contributed by atoms with Crippen LogP contribution in [0.4, 0.5) is 5.69 Å². The fourth-order valence-electron chi connectivity index (χ4n) is 2.11. The van der Waals surface area contributed by atoms with Gasteiger partial charge in [0.2, 0.25) is 5.91 Å². The van der Waals surface area contributed by atoms with E-state index in [0.29, 0.717) is 5.56 Å². The smallest absolute Gasteiger partial charge is 0.270 e. The molecule has 0 radical (unpaired) electrons. The van der Waals surface area contributed by atoms with Crippen molar-refractivity contribution in [2.75, 3.05) is 6.54 Å². The highest BCUT2D eigenvalue weighted by Gasteiger charge is 2.37. The highest BCUT2D eigenvalue weighted by molar-refractivity contribution is 6.25. The van der Waals surface area contributed by atoms with Gasteiger partial charge in [-0.25, -0.2) is 0 Å². The zero-order chi connectivity index (χ0) is 14.9. The monoisotopic (exact) mass is 276 g/mol. The van der Waals surface area contributed by atoms with Gasteiger partial charge in [0.15, 0.2) is 17.5 Å². The summed E-state index contributed by atoms with van der Waals surface area (Å²) in [5.41, 5.74) is 0.281. The number of hydrogen-bond donors (Lipinski definition) is 1. The van der Waals surface area contributed by atoms with E-state index in [1.54, 1.807) is 6.92 Å². The summed E-state index contributed by atoms with van der Waals surface area (Å²) >= 11 is 0. The molecule has 1 aromatic carbocycles. The lowest BCUT2D eigenvalue weighted by molar-refractivity contribution is -0.384. The minimum atomic E-state index is -1.40. The minimum absolute atomic E-state index is 0.0367. The molecule has 2 rings (SSSR count). The predicted octanol–water partition coefficient (Wildman–Crippen LogP) is 0.791. The summed E-state index contributed by atoms with van der Waals surface area (Å²) in [6.07, 6.45) is 0.0934. The summed E-state index contributed by atoms with van der Waals surface area (Å²) < 4.78 is 0. The van der Waals surface area contributed by atoms with Gasteiger partial charge < -0.3 is 5.32 Å². The molecular formula is C13H12N2O5. The van der Waals surface area contributed by atoms with Crippen LogP contribution in [0.15, 0.2) is 18.2 Å². The fourth-order valence-corrected chi connectivity index (χ4v) is 2.11. The molecule has 0 saturated carbocycles. The lowest BCUT2D eigenvalue weighted by atomic mass is 9.87. The molecule has 1 aliphatic heterocycles. The number of piperidine rings is 1. The van der Waals surface area contributed by atoms with Gasteiger partial charge in [-0.3, -0.25) is 24.5 Å². The van der Waals surface area contributed by atoms with Crippen LogP contribution in [0.5, 0.6) is 0 Å². The maximum absolute atomic E-state index is 12.3. The number of ketones is 2. The summed E-state index contributed by atoms with van der Waals surface area (Å²) in [4.78, 5) is 45.8. The Labute approximate surface area is 114 Å². The Kier molecular flexibility index (Phi) is 3.60. The molecule has 0 spiro atoms. The number of carbonyl (C=O) groups excluding carboxylic acids is 3. The Morgan fingerprint density at radius 1 is 1.40 bits per heavy atom. The lowest BCUT2D eigenvalue weighted by Crippen LogP contribution is -2.46. The zero-order valence-electron chi connectivity index (χ0n) is 10.7. The maximum Gasteiger partial charge on any atom is 0.270 e. The van der Waals surface area contributed by atoms with Gasteiger partial charge in [-0.2, -0.15) is 0 Å². The van der Waals surface area contributed by atoms with Crippen LogP contribution in [0.3, 0.4) is 0 Å². The van der Waals surface area contributed by atoms with Gasteiger partial charge in [0.25, 0.3) is 5.69 Å². The third kappa shape index (κ3) is 2.42. The average Bonchev–Trinajstić information content (AvgIpc) is 2.38. The van der Waals surface area contributed by atoms with E-state index in [4.69, 9.17) is 0 Å². The van der Waals surface area contributed by atoms with Crippen LogP contribution in [0.1, 0.15) is 22.3 Å². The molecule has 1 N–H and O–H groups in total. The number of aryl methyl sites for hydroxylation is 1. The SMILES string of the molecule is Cc1ccc([N+](=O)[O-])cc1C(=O)C1C(=O)CCNC1=O. The Morgan fingerprint density at radius 2 is 2.10 bits per heavy atom. The Balaban J connectivity index is 2.42. The van der Waals surface area contributed by atoms with Crippen molar-refractivity contribution in [1.29, 1.82) is 0 Å². The number of nitrogens with one attached hydrogen (secondary N) is 1. The molecule has 7 heteroatoms. The number of Topliss-reactive ketones (excluding diaryl/α,β-unsaturated/α-hetero) is 2. The normalized spacial score (nSPS) is 18.6. The van der Waals surface area contributed by atoms with Gasteiger partial charge in [0.1, 0.15) is 0 Å². The maximum atomic E-state index is 12.3. The van der Waals surface area contributed by atoms with E-state index < -0.39 is 28.3 Å². The van der Waals surface area contributed by atoms with Crippen molar-refractivity contribution in [1.82, 2.24) is 5.32 Å². The number of non-ortho nitro benzene ring substituents is 1. The standard InChI is InChI=1S/C13H12N2O5/c1-7-2-3-8(15(19)20)6-9(7)12(17)11-10(16)4-5-14-13(11)18/h2-3,6,11H,4-5H2,1H3,(H,14,18). The molecule has 1 atom stereocenters. The predicted molar refractivity (Wildman–Crippen MR) is 68.3 cm³/mol. The summed E-state index contributed by atoms with van der Waals surface area (Å²) in [6.45, 7) is 1.82. The Hall–Kier alpha value is -2.57. The topological polar surface area (TPSA) is 106 Å². The van der Waals surface area contributed by atoms with Crippen molar-refractivity contribution in [3.63, 3.8) is 0 Å². The van der Waals surface area contributed by atoms with Crippen LogP contribution in [0.2, 0.25) is 0 Å². The van der Waals surface area contributed by atoms with E-state index in [0.717, 1.165) is 6.07 Å². The number of rotatable bonds is 3. The van der Waals surface area contributed by atoms with Gasteiger partial charge >= 0.3 is 0 Å². The molecule has 0 aliphatic carbocycles. The molecule has 1 amide bonds. The van der Waals surface area contributed by atoms with Gasteiger partial charge in [0, 0.05) is 30.7 Å². The number of carbonyl (C=O) groups is 3. The van der Waals surface area contributed by atoms with Gasteiger partial charge in [-0.05, 0) is 12.5 Å². The van der Waals surface area contributed by atoms with Crippen molar-refractivity contribution in [3.8, 4) is 0 Å². The second-order valence-electron chi connectivity index (χ2n) is 4.56. The van der Waals surface area contributed by atoms with Gasteiger partial charge in [-0.15, -0.1) is 0 Å². The molecule has 1 fully saturated rings. The molecule has 1 aromatic rings. The fraction of sp³-hybridized carbons (Fsp3) is 0.308. The van der Waals surface area contributed by atoms with Crippen LogP contribution in [-0.2, 0) is 9.59 Å². The van der Waals surface area contributed by atoms with Crippen molar-refractivity contribution >= 4 is 23.2 Å². The first-order valence-electron chi connectivity index (χ1n) is 6.01. The molecule has 7 nitrogen and oxygen atoms in total. The van der Waals surface area contributed by atoms with E-state index in [1.165, 1.54) is 12.1 Å². The molecule has 1 saturated heterocycles. The molecule has 1 heterocycles. The number of nitro benzene ring substituents is 1. The van der Waals surface area contributed by atoms with Crippen molar-refractivity contribution < 1.29 is 19.3 Å². The van der Waals surface area contributed by atoms with Crippen LogP contribution in [-0.4, -0.2) is 28.9 Å². The summed E-state index contributed by atoms with van der Waals surface area (Å²) in [6, 6.07) is 3.80. The van der Waals surface area contributed by atoms with E-state index in [1.807, 2.05) is 0 Å². The number of benzene rings is 1. The van der Waals surface area contributed by atoms with Crippen molar-refractivity contribution in [2.24, 2.45) is 5.92 Å². The van der Waals surface area contributed by atoms with E-state index in [9.17, 15) is 24.5 Å². The number of amides is 1. The molecule has 1 aliphatic rings. The molecule has 0 bridgehead atoms.